The molecule has 4 rings (SSSR count). The Bertz CT molecular complexity index is 1140. The molecule has 0 aliphatic carbocycles. The second-order valence-electron chi connectivity index (χ2n) is 7.52. The predicted octanol–water partition coefficient (Wildman–Crippen LogP) is 4.46. The molecule has 0 saturated carbocycles. The number of carbonyl (C=O) groups excluding carboxylic acids is 2. The van der Waals surface area contributed by atoms with Gasteiger partial charge < -0.3 is 10.2 Å². The van der Waals surface area contributed by atoms with Crippen molar-refractivity contribution in [2.75, 3.05) is 16.8 Å². The van der Waals surface area contributed by atoms with Crippen LogP contribution in [-0.2, 0) is 16.0 Å². The molecule has 1 unspecified atom stereocenters. The fourth-order valence-corrected chi connectivity index (χ4v) is 3.84. The Kier molecular flexibility index (Phi) is 5.94. The van der Waals surface area contributed by atoms with Crippen molar-refractivity contribution in [1.29, 1.82) is 0 Å². The zero-order chi connectivity index (χ0) is 21.8. The molecule has 1 atom stereocenters. The van der Waals surface area contributed by atoms with Crippen molar-refractivity contribution in [3.8, 4) is 0 Å². The van der Waals surface area contributed by atoms with E-state index in [0.717, 1.165) is 34.5 Å². The molecular formula is C26H25N3O2. The number of hydrogen-bond donors (Lipinski definition) is 1. The second-order valence-corrected chi connectivity index (χ2v) is 7.52. The Morgan fingerprint density at radius 2 is 1.65 bits per heavy atom. The second kappa shape index (κ2) is 8.96. The molecule has 5 heteroatoms. The van der Waals surface area contributed by atoms with E-state index >= 15 is 0 Å². The third-order valence-electron chi connectivity index (χ3n) is 5.42. The highest BCUT2D eigenvalue weighted by Crippen LogP contribution is 2.28. The highest BCUT2D eigenvalue weighted by molar-refractivity contribution is 6.20. The lowest BCUT2D eigenvalue weighted by Crippen LogP contribution is -2.42. The van der Waals surface area contributed by atoms with Crippen molar-refractivity contribution in [2.24, 2.45) is 4.99 Å². The molecule has 0 spiro atoms. The van der Waals surface area contributed by atoms with Gasteiger partial charge in [0.05, 0.1) is 11.4 Å². The van der Waals surface area contributed by atoms with Crippen LogP contribution in [0.4, 0.5) is 11.4 Å². The number of aliphatic imine (C=N–C) groups is 1. The molecule has 3 aromatic carbocycles. The quantitative estimate of drug-likeness (QED) is 0.674. The van der Waals surface area contributed by atoms with Gasteiger partial charge >= 0.3 is 0 Å². The van der Waals surface area contributed by atoms with Gasteiger partial charge in [-0.1, -0.05) is 73.7 Å². The van der Waals surface area contributed by atoms with Gasteiger partial charge in [-0.15, -0.1) is 0 Å². The van der Waals surface area contributed by atoms with Crippen molar-refractivity contribution in [1.82, 2.24) is 0 Å². The highest BCUT2D eigenvalue weighted by Gasteiger charge is 2.30. The standard InChI is InChI=1S/C26H25N3O2/c1-3-19-11-7-9-15-22(19)28-24(30)17-29-23-16-10-8-14-21(23)25(27-18(2)26(29)31)20-12-5-4-6-13-20/h4-16,18H,3,17H2,1-2H3,(H,28,30). The van der Waals surface area contributed by atoms with Crippen molar-refractivity contribution < 1.29 is 9.59 Å². The van der Waals surface area contributed by atoms with Crippen LogP contribution in [0.15, 0.2) is 83.9 Å². The maximum atomic E-state index is 13.2. The SMILES string of the molecule is CCc1ccccc1NC(=O)CN1C(=O)C(C)N=C(c2ccccc2)c2ccccc21. The summed E-state index contributed by atoms with van der Waals surface area (Å²) in [6.45, 7) is 3.74. The number of para-hydroxylation sites is 2. The minimum Gasteiger partial charge on any atom is -0.324 e. The third-order valence-corrected chi connectivity index (χ3v) is 5.42. The molecule has 156 valence electrons. The molecule has 0 aromatic heterocycles. The Balaban J connectivity index is 1.68. The third kappa shape index (κ3) is 4.26. The van der Waals surface area contributed by atoms with Gasteiger partial charge in [0.1, 0.15) is 12.6 Å². The molecule has 1 heterocycles. The van der Waals surface area contributed by atoms with Crippen molar-refractivity contribution in [3.63, 3.8) is 0 Å². The largest absolute Gasteiger partial charge is 0.324 e. The average Bonchev–Trinajstić information content (AvgIpc) is 2.90. The first-order valence-electron chi connectivity index (χ1n) is 10.5. The lowest BCUT2D eigenvalue weighted by molar-refractivity contribution is -0.122. The van der Waals surface area contributed by atoms with Crippen LogP contribution in [0.3, 0.4) is 0 Å². The topological polar surface area (TPSA) is 61.8 Å². The van der Waals surface area contributed by atoms with Crippen LogP contribution in [0, 0.1) is 0 Å². The number of benzene rings is 3. The van der Waals surface area contributed by atoms with Gasteiger partial charge in [-0.25, -0.2) is 0 Å². The fraction of sp³-hybridized carbons (Fsp3) is 0.192. The number of hydrogen-bond acceptors (Lipinski definition) is 3. The number of fused-ring (bicyclic) bond motifs is 1. The summed E-state index contributed by atoms with van der Waals surface area (Å²) in [5.74, 6) is -0.434. The summed E-state index contributed by atoms with van der Waals surface area (Å²) < 4.78 is 0. The molecule has 5 nitrogen and oxygen atoms in total. The van der Waals surface area contributed by atoms with Crippen LogP contribution in [0.1, 0.15) is 30.5 Å². The fourth-order valence-electron chi connectivity index (χ4n) is 3.84. The first kappa shape index (κ1) is 20.5. The molecule has 3 aromatic rings. The van der Waals surface area contributed by atoms with E-state index in [0.29, 0.717) is 5.69 Å². The van der Waals surface area contributed by atoms with Crippen molar-refractivity contribution in [2.45, 2.75) is 26.3 Å². The number of anilines is 2. The molecule has 0 radical (unpaired) electrons. The minimum absolute atomic E-state index is 0.0736. The number of rotatable bonds is 5. The number of aryl methyl sites for hydroxylation is 1. The molecule has 31 heavy (non-hydrogen) atoms. The molecule has 1 aliphatic heterocycles. The summed E-state index contributed by atoms with van der Waals surface area (Å²) in [6.07, 6.45) is 0.813. The predicted molar refractivity (Wildman–Crippen MR) is 125 cm³/mol. The zero-order valence-electron chi connectivity index (χ0n) is 17.7. The van der Waals surface area contributed by atoms with Gasteiger partial charge in [0, 0.05) is 16.8 Å². The van der Waals surface area contributed by atoms with Gasteiger partial charge in [0.2, 0.25) is 5.91 Å². The lowest BCUT2D eigenvalue weighted by atomic mass is 10.0. The first-order valence-corrected chi connectivity index (χ1v) is 10.5. The van der Waals surface area contributed by atoms with Crippen LogP contribution in [-0.4, -0.2) is 30.1 Å². The molecule has 1 N–H and O–H groups in total. The number of carbonyl (C=O) groups is 2. The normalized spacial score (nSPS) is 15.7. The summed E-state index contributed by atoms with van der Waals surface area (Å²) in [5, 5.41) is 2.97. The maximum absolute atomic E-state index is 13.2. The smallest absolute Gasteiger partial charge is 0.252 e. The Hall–Kier alpha value is -3.73. The monoisotopic (exact) mass is 411 g/mol. The van der Waals surface area contributed by atoms with E-state index < -0.39 is 6.04 Å². The molecule has 2 amide bonds. The van der Waals surface area contributed by atoms with E-state index in [1.165, 1.54) is 0 Å². The van der Waals surface area contributed by atoms with Crippen LogP contribution in [0.25, 0.3) is 0 Å². The summed E-state index contributed by atoms with van der Waals surface area (Å²) in [4.78, 5) is 32.4. The number of amides is 2. The van der Waals surface area contributed by atoms with Crippen LogP contribution in [0.5, 0.6) is 0 Å². The summed E-state index contributed by atoms with van der Waals surface area (Å²) >= 11 is 0. The number of nitrogens with one attached hydrogen (secondary N) is 1. The molecule has 1 aliphatic rings. The van der Waals surface area contributed by atoms with E-state index in [-0.39, 0.29) is 18.4 Å². The zero-order valence-corrected chi connectivity index (χ0v) is 17.7. The van der Waals surface area contributed by atoms with Gasteiger partial charge in [-0.05, 0) is 31.0 Å². The molecule has 0 fully saturated rings. The van der Waals surface area contributed by atoms with Crippen LogP contribution >= 0.6 is 0 Å². The average molecular weight is 412 g/mol. The molecular weight excluding hydrogens is 386 g/mol. The first-order chi connectivity index (χ1) is 15.1. The Morgan fingerprint density at radius 1 is 0.968 bits per heavy atom. The summed E-state index contributed by atoms with van der Waals surface area (Å²) in [5.41, 5.74) is 5.07. The molecule has 0 saturated heterocycles. The van der Waals surface area contributed by atoms with E-state index in [2.05, 4.69) is 5.32 Å². The lowest BCUT2D eigenvalue weighted by Gasteiger charge is -2.24. The van der Waals surface area contributed by atoms with E-state index in [4.69, 9.17) is 4.99 Å². The van der Waals surface area contributed by atoms with E-state index in [1.54, 1.807) is 11.8 Å². The summed E-state index contributed by atoms with van der Waals surface area (Å²) in [7, 11) is 0. The van der Waals surface area contributed by atoms with Crippen molar-refractivity contribution >= 4 is 28.9 Å². The number of benzodiazepines with no additional fused rings is 1. The molecule has 0 bridgehead atoms. The van der Waals surface area contributed by atoms with Crippen LogP contribution < -0.4 is 10.2 Å². The van der Waals surface area contributed by atoms with Crippen molar-refractivity contribution in [3.05, 3.63) is 95.6 Å². The van der Waals surface area contributed by atoms with Crippen LogP contribution in [0.2, 0.25) is 0 Å². The van der Waals surface area contributed by atoms with Gasteiger partial charge in [-0.3, -0.25) is 14.6 Å². The van der Waals surface area contributed by atoms with Gasteiger partial charge in [0.25, 0.3) is 5.91 Å². The van der Waals surface area contributed by atoms with E-state index in [9.17, 15) is 9.59 Å². The minimum atomic E-state index is -0.599. The maximum Gasteiger partial charge on any atom is 0.252 e. The summed E-state index contributed by atoms with van der Waals surface area (Å²) in [6, 6.07) is 24.6. The highest BCUT2D eigenvalue weighted by atomic mass is 16.2. The Morgan fingerprint density at radius 3 is 2.42 bits per heavy atom. The van der Waals surface area contributed by atoms with Gasteiger partial charge in [-0.2, -0.15) is 0 Å². The van der Waals surface area contributed by atoms with E-state index in [1.807, 2.05) is 85.8 Å². The Labute approximate surface area is 182 Å². The number of nitrogens with zero attached hydrogens (tertiary/aromatic N) is 2. The van der Waals surface area contributed by atoms with Gasteiger partial charge in [0.15, 0.2) is 0 Å².